The van der Waals surface area contributed by atoms with Gasteiger partial charge in [0.25, 0.3) is 0 Å². The van der Waals surface area contributed by atoms with E-state index in [1.807, 2.05) is 0 Å². The lowest BCUT2D eigenvalue weighted by molar-refractivity contribution is -0.131. The number of carbonyl (C=O) groups excluding carboxylic acids is 1. The van der Waals surface area contributed by atoms with Crippen LogP contribution < -0.4 is 5.32 Å². The number of amides is 1. The van der Waals surface area contributed by atoms with E-state index in [0.717, 1.165) is 31.7 Å². The maximum atomic E-state index is 12.6. The Balaban J connectivity index is 1.97. The molecule has 3 nitrogen and oxygen atoms in total. The minimum Gasteiger partial charge on any atom is -0.326 e. The summed E-state index contributed by atoms with van der Waals surface area (Å²) in [5.41, 5.74) is 0. The smallest absolute Gasteiger partial charge is 0.241 e. The van der Waals surface area contributed by atoms with Crippen molar-refractivity contribution in [2.45, 2.75) is 72.0 Å². The molecule has 1 amide bonds. The summed E-state index contributed by atoms with van der Waals surface area (Å²) in [6.45, 7) is 9.85. The Labute approximate surface area is 118 Å². The highest BCUT2D eigenvalue weighted by Gasteiger charge is 2.40. The molecule has 0 aromatic rings. The summed E-state index contributed by atoms with van der Waals surface area (Å²) >= 11 is 0. The maximum Gasteiger partial charge on any atom is 0.241 e. The molecular formula is C16H30N2O. The van der Waals surface area contributed by atoms with Gasteiger partial charge in [0, 0.05) is 6.54 Å². The van der Waals surface area contributed by atoms with Crippen molar-refractivity contribution >= 4 is 5.91 Å². The molecule has 0 bridgehead atoms. The van der Waals surface area contributed by atoms with Gasteiger partial charge in [-0.2, -0.15) is 0 Å². The fourth-order valence-corrected chi connectivity index (χ4v) is 3.24. The Kier molecular flexibility index (Phi) is 4.88. The molecule has 1 aliphatic heterocycles. The molecule has 1 saturated carbocycles. The second kappa shape index (κ2) is 6.25. The van der Waals surface area contributed by atoms with Gasteiger partial charge in [0.05, 0.1) is 12.2 Å². The molecule has 19 heavy (non-hydrogen) atoms. The van der Waals surface area contributed by atoms with Crippen molar-refractivity contribution in [1.82, 2.24) is 10.2 Å². The van der Waals surface area contributed by atoms with E-state index in [2.05, 4.69) is 37.9 Å². The number of nitrogens with one attached hydrogen (secondary N) is 1. The van der Waals surface area contributed by atoms with Crippen molar-refractivity contribution < 1.29 is 4.79 Å². The highest BCUT2D eigenvalue weighted by atomic mass is 16.2. The largest absolute Gasteiger partial charge is 0.326 e. The molecule has 3 atom stereocenters. The van der Waals surface area contributed by atoms with Gasteiger partial charge in [-0.05, 0) is 43.4 Å². The number of rotatable bonds is 7. The molecule has 0 aromatic carbocycles. The SMILES string of the molecule is CCCC1NC(CC(C)C)C(=O)N1CC(C)C1CC1. The molecule has 110 valence electrons. The summed E-state index contributed by atoms with van der Waals surface area (Å²) in [5.74, 6) is 2.46. The quantitative estimate of drug-likeness (QED) is 0.768. The molecular weight excluding hydrogens is 236 g/mol. The zero-order valence-corrected chi connectivity index (χ0v) is 13.0. The van der Waals surface area contributed by atoms with Crippen molar-refractivity contribution in [2.75, 3.05) is 6.54 Å². The maximum absolute atomic E-state index is 12.6. The van der Waals surface area contributed by atoms with Crippen molar-refractivity contribution in [3.63, 3.8) is 0 Å². The van der Waals surface area contributed by atoms with Crippen LogP contribution in [0.4, 0.5) is 0 Å². The summed E-state index contributed by atoms with van der Waals surface area (Å²) in [6.07, 6.45) is 6.19. The van der Waals surface area contributed by atoms with Crippen molar-refractivity contribution in [1.29, 1.82) is 0 Å². The van der Waals surface area contributed by atoms with E-state index in [4.69, 9.17) is 0 Å². The van der Waals surface area contributed by atoms with Gasteiger partial charge in [-0.1, -0.05) is 34.1 Å². The lowest BCUT2D eigenvalue weighted by Crippen LogP contribution is -2.40. The van der Waals surface area contributed by atoms with Crippen LogP contribution in [-0.2, 0) is 4.79 Å². The third-order valence-corrected chi connectivity index (χ3v) is 4.53. The minimum absolute atomic E-state index is 0.0583. The van der Waals surface area contributed by atoms with Gasteiger partial charge >= 0.3 is 0 Å². The van der Waals surface area contributed by atoms with Gasteiger partial charge in [-0.3, -0.25) is 10.1 Å². The summed E-state index contributed by atoms with van der Waals surface area (Å²) in [4.78, 5) is 14.7. The molecule has 1 saturated heterocycles. The highest BCUT2D eigenvalue weighted by molar-refractivity contribution is 5.84. The first kappa shape index (κ1) is 14.8. The number of nitrogens with zero attached hydrogens (tertiary/aromatic N) is 1. The van der Waals surface area contributed by atoms with Crippen LogP contribution in [0.2, 0.25) is 0 Å². The fraction of sp³-hybridized carbons (Fsp3) is 0.938. The van der Waals surface area contributed by atoms with Gasteiger partial charge in [0.1, 0.15) is 0 Å². The first-order valence-electron chi connectivity index (χ1n) is 8.09. The third kappa shape index (κ3) is 3.71. The number of hydrogen-bond acceptors (Lipinski definition) is 2. The Morgan fingerprint density at radius 1 is 1.32 bits per heavy atom. The molecule has 3 heteroatoms. The predicted molar refractivity (Wildman–Crippen MR) is 78.7 cm³/mol. The average molecular weight is 266 g/mol. The molecule has 0 spiro atoms. The second-order valence-electron chi connectivity index (χ2n) is 6.96. The fourth-order valence-electron chi connectivity index (χ4n) is 3.24. The van der Waals surface area contributed by atoms with E-state index in [-0.39, 0.29) is 12.2 Å². The summed E-state index contributed by atoms with van der Waals surface area (Å²) in [5, 5.41) is 3.56. The molecule has 2 aliphatic rings. The van der Waals surface area contributed by atoms with Crippen LogP contribution in [0.15, 0.2) is 0 Å². The van der Waals surface area contributed by atoms with Crippen LogP contribution in [-0.4, -0.2) is 29.6 Å². The monoisotopic (exact) mass is 266 g/mol. The standard InChI is InChI=1S/C16H30N2O/c1-5-6-15-17-14(9-11(2)3)16(19)18(15)10-12(4)13-7-8-13/h11-15,17H,5-10H2,1-4H3. The Hall–Kier alpha value is -0.570. The minimum atomic E-state index is 0.0583. The van der Waals surface area contributed by atoms with Crippen LogP contribution >= 0.6 is 0 Å². The lowest BCUT2D eigenvalue weighted by Gasteiger charge is -2.27. The Bertz CT molecular complexity index is 312. The summed E-state index contributed by atoms with van der Waals surface area (Å²) < 4.78 is 0. The lowest BCUT2D eigenvalue weighted by atomic mass is 10.0. The Morgan fingerprint density at radius 2 is 2.00 bits per heavy atom. The topological polar surface area (TPSA) is 32.3 Å². The van der Waals surface area contributed by atoms with Gasteiger partial charge in [0.2, 0.25) is 5.91 Å². The zero-order valence-electron chi connectivity index (χ0n) is 13.0. The van der Waals surface area contributed by atoms with Gasteiger partial charge in [-0.25, -0.2) is 0 Å². The van der Waals surface area contributed by atoms with E-state index in [1.54, 1.807) is 0 Å². The van der Waals surface area contributed by atoms with Crippen LogP contribution in [0, 0.1) is 17.8 Å². The first-order valence-corrected chi connectivity index (χ1v) is 8.09. The van der Waals surface area contributed by atoms with Gasteiger partial charge in [-0.15, -0.1) is 0 Å². The normalized spacial score (nSPS) is 29.3. The highest BCUT2D eigenvalue weighted by Crippen LogP contribution is 2.37. The van der Waals surface area contributed by atoms with Crippen molar-refractivity contribution in [3.8, 4) is 0 Å². The average Bonchev–Trinajstić information content (AvgIpc) is 3.13. The summed E-state index contributed by atoms with van der Waals surface area (Å²) in [7, 11) is 0. The second-order valence-corrected chi connectivity index (χ2v) is 6.96. The predicted octanol–water partition coefficient (Wildman–Crippen LogP) is 3.01. The van der Waals surface area contributed by atoms with Gasteiger partial charge < -0.3 is 4.90 Å². The molecule has 2 rings (SSSR count). The van der Waals surface area contributed by atoms with Crippen LogP contribution in [0.1, 0.15) is 59.8 Å². The molecule has 0 aromatic heterocycles. The van der Waals surface area contributed by atoms with E-state index in [9.17, 15) is 4.79 Å². The van der Waals surface area contributed by atoms with E-state index >= 15 is 0 Å². The van der Waals surface area contributed by atoms with Crippen molar-refractivity contribution in [2.24, 2.45) is 17.8 Å². The first-order chi connectivity index (χ1) is 9.02. The molecule has 0 radical (unpaired) electrons. The van der Waals surface area contributed by atoms with Crippen LogP contribution in [0.25, 0.3) is 0 Å². The molecule has 3 unspecified atom stereocenters. The van der Waals surface area contributed by atoms with Crippen molar-refractivity contribution in [3.05, 3.63) is 0 Å². The molecule has 1 aliphatic carbocycles. The van der Waals surface area contributed by atoms with Crippen LogP contribution in [0.3, 0.4) is 0 Å². The van der Waals surface area contributed by atoms with E-state index in [0.29, 0.717) is 17.7 Å². The third-order valence-electron chi connectivity index (χ3n) is 4.53. The van der Waals surface area contributed by atoms with Gasteiger partial charge in [0.15, 0.2) is 0 Å². The van der Waals surface area contributed by atoms with E-state index in [1.165, 1.54) is 12.8 Å². The molecule has 2 fully saturated rings. The zero-order chi connectivity index (χ0) is 14.0. The molecule has 1 N–H and O–H groups in total. The molecule has 1 heterocycles. The van der Waals surface area contributed by atoms with Crippen LogP contribution in [0.5, 0.6) is 0 Å². The number of carbonyl (C=O) groups is 1. The summed E-state index contributed by atoms with van der Waals surface area (Å²) in [6, 6.07) is 0.0583. The van der Waals surface area contributed by atoms with E-state index < -0.39 is 0 Å². The Morgan fingerprint density at radius 3 is 2.53 bits per heavy atom. The number of hydrogen-bond donors (Lipinski definition) is 1.